The van der Waals surface area contributed by atoms with Gasteiger partial charge in [0.25, 0.3) is 0 Å². The number of aliphatic hydroxyl groups is 3. The molecule has 4 N–H and O–H groups in total. The molecular weight excluding hydrogens is 783 g/mol. The molecule has 0 radical (unpaired) electrons. The highest BCUT2D eigenvalue weighted by Gasteiger charge is 2.27. The van der Waals surface area contributed by atoms with Crippen LogP contribution in [0.4, 0.5) is 0 Å². The molecule has 0 saturated carbocycles. The normalized spacial score (nSPS) is 15.4. The lowest BCUT2D eigenvalue weighted by Crippen LogP contribution is -2.29. The predicted octanol–water partition coefficient (Wildman–Crippen LogP) is 10.7. The zero-order chi connectivity index (χ0) is 44.2. The molecule has 340 valence electrons. The van der Waals surface area contributed by atoms with Crippen molar-refractivity contribution < 1.29 is 52.9 Å². The Bertz CT molecular complexity index is 1380. The van der Waals surface area contributed by atoms with Crippen molar-refractivity contribution in [3.05, 3.63) is 109 Å². The Morgan fingerprint density at radius 2 is 1.13 bits per heavy atom. The summed E-state index contributed by atoms with van der Waals surface area (Å²) in [4.78, 5) is 35.0. The summed E-state index contributed by atoms with van der Waals surface area (Å²) in [5.74, 6) is -1.09. The summed E-state index contributed by atoms with van der Waals surface area (Å²) in [5, 5.41) is 28.3. The van der Waals surface area contributed by atoms with Crippen LogP contribution in [0.3, 0.4) is 0 Å². The summed E-state index contributed by atoms with van der Waals surface area (Å²) in [7, 11) is -4.67. The molecule has 12 heteroatoms. The molecule has 0 spiro atoms. The number of esters is 2. The minimum absolute atomic E-state index is 0.0238. The molecule has 0 amide bonds. The van der Waals surface area contributed by atoms with Gasteiger partial charge in [-0.05, 0) is 83.5 Å². The topological polar surface area (TPSA) is 169 Å². The van der Waals surface area contributed by atoms with Crippen LogP contribution >= 0.6 is 7.82 Å². The highest BCUT2D eigenvalue weighted by Crippen LogP contribution is 2.43. The Hall–Kier alpha value is -3.41. The second-order valence-corrected chi connectivity index (χ2v) is 15.6. The van der Waals surface area contributed by atoms with Gasteiger partial charge in [0.1, 0.15) is 12.7 Å². The molecule has 0 aliphatic heterocycles. The molecule has 0 bridgehead atoms. The van der Waals surface area contributed by atoms with Crippen molar-refractivity contribution in [2.75, 3.05) is 26.4 Å². The van der Waals surface area contributed by atoms with Crippen molar-refractivity contribution in [1.29, 1.82) is 0 Å². The standard InChI is InChI=1S/C48H77O11P/c1-3-5-7-9-11-12-13-14-15-16-17-18-19-23-26-30-34-38-47(52)56-42-46(43-58-60(54,55)57-41-45(51)40-49)59-48(53)39-35-31-27-24-21-20-22-25-29-33-37-44(50)36-32-28-10-8-6-4-2/h6,8,11-12,14-15,17-18,20-21,25,27-29,31-33,37,44-46,49-51H,3-5,7,9-10,13,16,19,22-24,26,30,34-36,38-43H2,1-2H3,(H,54,55)/b8-6-,12-11-,15-14-,18-17-,21-20-,29-25-,31-27-,32-28-,37-33+/t44?,45-,46+/m0/s1. The second-order valence-electron chi connectivity index (χ2n) is 14.2. The van der Waals surface area contributed by atoms with Gasteiger partial charge in [-0.1, -0.05) is 149 Å². The van der Waals surface area contributed by atoms with E-state index in [0.717, 1.165) is 64.2 Å². The van der Waals surface area contributed by atoms with Gasteiger partial charge in [-0.15, -0.1) is 0 Å². The first-order chi connectivity index (χ1) is 29.1. The van der Waals surface area contributed by atoms with Crippen LogP contribution in [-0.4, -0.2) is 76.9 Å². The van der Waals surface area contributed by atoms with Gasteiger partial charge in [0.15, 0.2) is 6.10 Å². The molecule has 0 fully saturated rings. The summed E-state index contributed by atoms with van der Waals surface area (Å²) in [6, 6.07) is 0. The zero-order valence-corrected chi connectivity index (χ0v) is 37.4. The van der Waals surface area contributed by atoms with E-state index in [0.29, 0.717) is 25.7 Å². The Labute approximate surface area is 361 Å². The van der Waals surface area contributed by atoms with Crippen LogP contribution < -0.4 is 0 Å². The number of unbranched alkanes of at least 4 members (excludes halogenated alkanes) is 7. The summed E-state index contributed by atoms with van der Waals surface area (Å²) in [6.45, 7) is 2.02. The van der Waals surface area contributed by atoms with E-state index >= 15 is 0 Å². The van der Waals surface area contributed by atoms with Crippen LogP contribution in [0.5, 0.6) is 0 Å². The van der Waals surface area contributed by atoms with E-state index in [1.165, 1.54) is 19.3 Å². The fraction of sp³-hybridized carbons (Fsp3) is 0.583. The maximum atomic E-state index is 12.6. The van der Waals surface area contributed by atoms with E-state index in [1.807, 2.05) is 54.7 Å². The number of allylic oxidation sites excluding steroid dienone is 16. The average molecular weight is 861 g/mol. The van der Waals surface area contributed by atoms with Crippen molar-refractivity contribution >= 4 is 19.8 Å². The second kappa shape index (κ2) is 42.3. The van der Waals surface area contributed by atoms with Crippen molar-refractivity contribution in [2.45, 2.75) is 154 Å². The molecule has 0 saturated heterocycles. The number of ether oxygens (including phenoxy) is 2. The zero-order valence-electron chi connectivity index (χ0n) is 36.5. The number of carbonyl (C=O) groups is 2. The molecule has 0 aromatic heterocycles. The van der Waals surface area contributed by atoms with Crippen LogP contribution in [0.15, 0.2) is 109 Å². The largest absolute Gasteiger partial charge is 0.472 e. The molecule has 4 atom stereocenters. The number of hydrogen-bond acceptors (Lipinski definition) is 10. The van der Waals surface area contributed by atoms with Gasteiger partial charge in [-0.2, -0.15) is 0 Å². The van der Waals surface area contributed by atoms with E-state index in [-0.39, 0.29) is 19.4 Å². The maximum Gasteiger partial charge on any atom is 0.472 e. The SMILES string of the molecule is CC/C=C\C/C=C\CC(O)/C=C/C=C\C/C=C\C/C=C\CCC(=O)O[C@H](COC(=O)CCCCCC/C=C\C/C=C\C/C=C\CCCCC)COP(=O)(O)OC[C@@H](O)CO. The third kappa shape index (κ3) is 41.3. The van der Waals surface area contributed by atoms with E-state index in [4.69, 9.17) is 19.1 Å². The Morgan fingerprint density at radius 3 is 1.77 bits per heavy atom. The number of phosphoric acid groups is 1. The smallest absolute Gasteiger partial charge is 0.462 e. The van der Waals surface area contributed by atoms with Gasteiger partial charge in [-0.25, -0.2) is 4.57 Å². The molecule has 2 unspecified atom stereocenters. The Balaban J connectivity index is 4.55. The summed E-state index contributed by atoms with van der Waals surface area (Å²) in [5.41, 5.74) is 0. The first-order valence-corrected chi connectivity index (χ1v) is 23.4. The van der Waals surface area contributed by atoms with Gasteiger partial charge < -0.3 is 29.7 Å². The summed E-state index contributed by atoms with van der Waals surface area (Å²) >= 11 is 0. The Morgan fingerprint density at radius 1 is 0.583 bits per heavy atom. The van der Waals surface area contributed by atoms with Crippen molar-refractivity contribution in [2.24, 2.45) is 0 Å². The van der Waals surface area contributed by atoms with Crippen LogP contribution in [0.25, 0.3) is 0 Å². The maximum absolute atomic E-state index is 12.6. The van der Waals surface area contributed by atoms with Gasteiger partial charge in [0.05, 0.1) is 25.9 Å². The third-order valence-corrected chi connectivity index (χ3v) is 9.46. The third-order valence-electron chi connectivity index (χ3n) is 8.51. The first-order valence-electron chi connectivity index (χ1n) is 22.0. The van der Waals surface area contributed by atoms with E-state index in [9.17, 15) is 29.3 Å². The summed E-state index contributed by atoms with van der Waals surface area (Å²) in [6.07, 6.45) is 49.5. The highest BCUT2D eigenvalue weighted by atomic mass is 31.2. The molecule has 0 heterocycles. The first kappa shape index (κ1) is 56.6. The number of aliphatic hydroxyl groups excluding tert-OH is 3. The van der Waals surface area contributed by atoms with Gasteiger partial charge in [0, 0.05) is 12.8 Å². The molecule has 0 rings (SSSR count). The monoisotopic (exact) mass is 861 g/mol. The predicted molar refractivity (Wildman–Crippen MR) is 243 cm³/mol. The molecule has 0 aromatic rings. The van der Waals surface area contributed by atoms with Crippen LogP contribution in [-0.2, 0) is 32.7 Å². The van der Waals surface area contributed by atoms with Crippen LogP contribution in [0, 0.1) is 0 Å². The fourth-order valence-corrected chi connectivity index (χ4v) is 5.90. The van der Waals surface area contributed by atoms with Crippen molar-refractivity contribution in [3.8, 4) is 0 Å². The van der Waals surface area contributed by atoms with Crippen LogP contribution in [0.2, 0.25) is 0 Å². The number of carbonyl (C=O) groups excluding carboxylic acids is 2. The van der Waals surface area contributed by atoms with Crippen LogP contribution in [0.1, 0.15) is 136 Å². The molecule has 60 heavy (non-hydrogen) atoms. The average Bonchev–Trinajstić information content (AvgIpc) is 3.23. The molecule has 11 nitrogen and oxygen atoms in total. The minimum Gasteiger partial charge on any atom is -0.462 e. The Kier molecular flexibility index (Phi) is 39.9. The molecular formula is C48H77O11P. The van der Waals surface area contributed by atoms with E-state index in [1.54, 1.807) is 6.08 Å². The van der Waals surface area contributed by atoms with Gasteiger partial charge >= 0.3 is 19.8 Å². The quantitative estimate of drug-likeness (QED) is 0.0153. The molecule has 0 aromatic carbocycles. The summed E-state index contributed by atoms with van der Waals surface area (Å²) < 4.78 is 32.6. The number of hydrogen-bond donors (Lipinski definition) is 4. The minimum atomic E-state index is -4.67. The molecule has 0 aliphatic carbocycles. The number of phosphoric ester groups is 1. The van der Waals surface area contributed by atoms with Crippen molar-refractivity contribution in [3.63, 3.8) is 0 Å². The van der Waals surface area contributed by atoms with Gasteiger partial charge in [0.2, 0.25) is 0 Å². The lowest BCUT2D eigenvalue weighted by molar-refractivity contribution is -0.161. The molecule has 0 aliphatic rings. The lowest BCUT2D eigenvalue weighted by atomic mass is 10.1. The van der Waals surface area contributed by atoms with E-state index in [2.05, 4.69) is 67.0 Å². The van der Waals surface area contributed by atoms with Gasteiger partial charge in [-0.3, -0.25) is 18.6 Å². The van der Waals surface area contributed by atoms with E-state index < -0.39 is 57.9 Å². The lowest BCUT2D eigenvalue weighted by Gasteiger charge is -2.20. The fourth-order valence-electron chi connectivity index (χ4n) is 5.11. The number of rotatable bonds is 39. The highest BCUT2D eigenvalue weighted by molar-refractivity contribution is 7.47. The van der Waals surface area contributed by atoms with Crippen molar-refractivity contribution in [1.82, 2.24) is 0 Å².